The largest absolute Gasteiger partial charge is 0.457 e. The molecule has 10 atom stereocenters. The molecule has 3 unspecified atom stereocenters. The summed E-state index contributed by atoms with van der Waals surface area (Å²) in [5.74, 6) is -1.39. The van der Waals surface area contributed by atoms with E-state index < -0.39 is 47.7 Å². The smallest absolute Gasteiger partial charge is 0.410 e. The predicted molar refractivity (Wildman–Crippen MR) is 218 cm³/mol. The van der Waals surface area contributed by atoms with Gasteiger partial charge in [-0.2, -0.15) is 0 Å². The molecular formula is C44H69N3O11. The fourth-order valence-corrected chi connectivity index (χ4v) is 7.96. The van der Waals surface area contributed by atoms with Crippen LogP contribution in [0.2, 0.25) is 0 Å². The molecule has 4 rings (SSSR count). The van der Waals surface area contributed by atoms with Crippen molar-refractivity contribution in [1.82, 2.24) is 14.7 Å². The second-order valence-electron chi connectivity index (χ2n) is 17.1. The lowest BCUT2D eigenvalue weighted by Crippen LogP contribution is -2.51. The van der Waals surface area contributed by atoms with Crippen LogP contribution in [0.4, 0.5) is 4.79 Å². The van der Waals surface area contributed by atoms with Crippen LogP contribution in [0, 0.1) is 11.8 Å². The Labute approximate surface area is 344 Å². The number of unbranched alkanes of at least 4 members (excludes halogenated alkanes) is 3. The minimum atomic E-state index is -1.17. The van der Waals surface area contributed by atoms with E-state index in [4.69, 9.17) is 18.9 Å². The summed E-state index contributed by atoms with van der Waals surface area (Å²) in [5, 5.41) is 32.1. The molecule has 0 bridgehead atoms. The molecule has 0 aromatic heterocycles. The topological polar surface area (TPSA) is 179 Å². The summed E-state index contributed by atoms with van der Waals surface area (Å²) in [4.78, 5) is 55.4. The molecule has 0 spiro atoms. The number of ether oxygens (including phenoxy) is 4. The highest BCUT2D eigenvalue weighted by Gasteiger charge is 2.47. The van der Waals surface area contributed by atoms with E-state index in [-0.39, 0.29) is 48.7 Å². The van der Waals surface area contributed by atoms with Gasteiger partial charge in [0.05, 0.1) is 36.4 Å². The molecule has 0 aliphatic carbocycles. The SMILES string of the molecule is CCC(O)C(C)[C@H]1O[C@@H]1CC(C)(O)/C=C/C=C(\C)[C@H]1OC(=O)C[C@H](O)CC[C@@](C)(OC)[C@@H](OC(=O)N2CCN(CCCCCCN3C(=O)C=CC3=O)CC2)/C=C/[C@@H]1C. The third kappa shape index (κ3) is 13.8. The molecule has 2 saturated heterocycles. The number of amides is 3. The first kappa shape index (κ1) is 47.3. The first-order valence-corrected chi connectivity index (χ1v) is 21.2. The van der Waals surface area contributed by atoms with Gasteiger partial charge in [-0.1, -0.05) is 57.9 Å². The number of cyclic esters (lactones) is 1. The van der Waals surface area contributed by atoms with Gasteiger partial charge in [-0.15, -0.1) is 0 Å². The lowest BCUT2D eigenvalue weighted by atomic mass is 9.88. The Morgan fingerprint density at radius 1 is 1.07 bits per heavy atom. The summed E-state index contributed by atoms with van der Waals surface area (Å²) in [6, 6.07) is 0. The van der Waals surface area contributed by atoms with Crippen molar-refractivity contribution in [1.29, 1.82) is 0 Å². The van der Waals surface area contributed by atoms with Crippen molar-refractivity contribution < 1.29 is 53.4 Å². The van der Waals surface area contributed by atoms with Crippen molar-refractivity contribution >= 4 is 23.9 Å². The van der Waals surface area contributed by atoms with E-state index in [1.807, 2.05) is 40.7 Å². The molecule has 2 fully saturated rings. The Balaban J connectivity index is 1.34. The number of hydrogen-bond acceptors (Lipinski definition) is 12. The van der Waals surface area contributed by atoms with Gasteiger partial charge in [0.15, 0.2) is 6.10 Å². The number of carbonyl (C=O) groups is 4. The van der Waals surface area contributed by atoms with Gasteiger partial charge in [-0.25, -0.2) is 4.79 Å². The maximum atomic E-state index is 13.6. The van der Waals surface area contributed by atoms with Crippen LogP contribution in [0.3, 0.4) is 0 Å². The minimum Gasteiger partial charge on any atom is -0.457 e. The van der Waals surface area contributed by atoms with Crippen LogP contribution in [0.5, 0.6) is 0 Å². The maximum absolute atomic E-state index is 13.6. The van der Waals surface area contributed by atoms with Gasteiger partial charge in [0, 0.05) is 70.2 Å². The molecule has 3 amide bonds. The van der Waals surface area contributed by atoms with Crippen molar-refractivity contribution in [2.75, 3.05) is 46.4 Å². The number of piperazine rings is 1. The minimum absolute atomic E-state index is 0.0195. The van der Waals surface area contributed by atoms with Crippen LogP contribution < -0.4 is 0 Å². The molecule has 4 aliphatic rings. The second-order valence-corrected chi connectivity index (χ2v) is 17.1. The highest BCUT2D eigenvalue weighted by Crippen LogP contribution is 2.38. The summed E-state index contributed by atoms with van der Waals surface area (Å²) in [6.07, 6.45) is 12.9. The molecule has 14 nitrogen and oxygen atoms in total. The lowest BCUT2D eigenvalue weighted by molar-refractivity contribution is -0.151. The lowest BCUT2D eigenvalue weighted by Gasteiger charge is -2.38. The average molecular weight is 816 g/mol. The molecule has 4 heterocycles. The van der Waals surface area contributed by atoms with Crippen molar-refractivity contribution in [3.05, 3.63) is 48.1 Å². The Kier molecular flexibility index (Phi) is 17.7. The number of hydrogen-bond donors (Lipinski definition) is 3. The number of allylic oxidation sites excluding steroid dienone is 2. The van der Waals surface area contributed by atoms with Crippen molar-refractivity contribution in [3.8, 4) is 0 Å². The van der Waals surface area contributed by atoms with Crippen molar-refractivity contribution in [2.45, 2.75) is 147 Å². The summed E-state index contributed by atoms with van der Waals surface area (Å²) in [5.41, 5.74) is -1.44. The number of nitrogens with zero attached hydrogens (tertiary/aromatic N) is 3. The fourth-order valence-electron chi connectivity index (χ4n) is 7.96. The van der Waals surface area contributed by atoms with Gasteiger partial charge in [-0.05, 0) is 71.1 Å². The van der Waals surface area contributed by atoms with Crippen LogP contribution >= 0.6 is 0 Å². The Morgan fingerprint density at radius 3 is 2.36 bits per heavy atom. The van der Waals surface area contributed by atoms with E-state index in [1.54, 1.807) is 43.2 Å². The molecule has 58 heavy (non-hydrogen) atoms. The number of aliphatic hydroxyl groups excluding tert-OH is 2. The van der Waals surface area contributed by atoms with Crippen molar-refractivity contribution in [3.63, 3.8) is 0 Å². The molecule has 326 valence electrons. The molecule has 0 radical (unpaired) electrons. The van der Waals surface area contributed by atoms with Gasteiger partial charge in [0.1, 0.15) is 11.7 Å². The third-order valence-electron chi connectivity index (χ3n) is 12.2. The maximum Gasteiger partial charge on any atom is 0.410 e. The molecule has 14 heteroatoms. The first-order chi connectivity index (χ1) is 27.5. The molecular weight excluding hydrogens is 746 g/mol. The molecule has 4 aliphatic heterocycles. The van der Waals surface area contributed by atoms with Crippen molar-refractivity contribution in [2.24, 2.45) is 11.8 Å². The fraction of sp³-hybridized carbons (Fsp3) is 0.727. The zero-order valence-corrected chi connectivity index (χ0v) is 35.7. The molecule has 0 aromatic rings. The van der Waals surface area contributed by atoms with E-state index in [0.29, 0.717) is 52.0 Å². The monoisotopic (exact) mass is 815 g/mol. The number of imide groups is 1. The highest BCUT2D eigenvalue weighted by molar-refractivity contribution is 6.12. The second kappa shape index (κ2) is 21.7. The average Bonchev–Trinajstić information content (AvgIpc) is 3.87. The van der Waals surface area contributed by atoms with Crippen LogP contribution in [0.25, 0.3) is 0 Å². The van der Waals surface area contributed by atoms with Crippen LogP contribution in [-0.2, 0) is 33.3 Å². The quantitative estimate of drug-likeness (QED) is 0.0470. The summed E-state index contributed by atoms with van der Waals surface area (Å²) in [6.45, 7) is 15.0. The number of rotatable bonds is 17. The van der Waals surface area contributed by atoms with E-state index in [9.17, 15) is 34.5 Å². The van der Waals surface area contributed by atoms with Crippen LogP contribution in [0.15, 0.2) is 48.1 Å². The van der Waals surface area contributed by atoms with Gasteiger partial charge < -0.3 is 39.2 Å². The molecule has 0 saturated carbocycles. The predicted octanol–water partition coefficient (Wildman–Crippen LogP) is 4.47. The summed E-state index contributed by atoms with van der Waals surface area (Å²) >= 11 is 0. The summed E-state index contributed by atoms with van der Waals surface area (Å²) in [7, 11) is 1.55. The van der Waals surface area contributed by atoms with E-state index in [0.717, 1.165) is 37.8 Å². The zero-order valence-electron chi connectivity index (χ0n) is 35.7. The highest BCUT2D eigenvalue weighted by atomic mass is 16.6. The first-order valence-electron chi connectivity index (χ1n) is 21.2. The van der Waals surface area contributed by atoms with Crippen LogP contribution in [-0.4, -0.2) is 148 Å². The Morgan fingerprint density at radius 2 is 1.72 bits per heavy atom. The van der Waals surface area contributed by atoms with Crippen LogP contribution in [0.1, 0.15) is 99.3 Å². The Bertz CT molecular complexity index is 1500. The number of epoxide rings is 1. The van der Waals surface area contributed by atoms with E-state index >= 15 is 0 Å². The van der Waals surface area contributed by atoms with E-state index in [2.05, 4.69) is 4.90 Å². The number of carbonyl (C=O) groups excluding carboxylic acids is 4. The van der Waals surface area contributed by atoms with E-state index in [1.165, 1.54) is 17.1 Å². The zero-order chi connectivity index (χ0) is 42.6. The molecule has 0 aromatic carbocycles. The molecule has 3 N–H and O–H groups in total. The number of methoxy groups -OCH3 is 1. The Hall–Kier alpha value is -3.40. The standard InChI is InChI=1S/C44H69N3O11/c1-8-34(49)32(4)41-35(56-41)29-43(5,54)20-13-14-30(2)40-31(3)15-16-36(44(6,55-7)21-19-33(48)28-39(52)58-40)57-42(53)46-26-24-45(25-27-46)22-11-9-10-12-23-47-37(50)17-18-38(47)51/h13-18,20,31-36,40-41,48-49,54H,8-12,19,21-29H2,1-7H3/b16-15+,20-13+,30-14+/t31-,32?,33+,34?,35+,36-,40+,41+,43?,44+/m0/s1. The van der Waals surface area contributed by atoms with Gasteiger partial charge in [0.2, 0.25) is 0 Å². The van der Waals surface area contributed by atoms with Gasteiger partial charge >= 0.3 is 12.1 Å². The third-order valence-corrected chi connectivity index (χ3v) is 12.2. The van der Waals surface area contributed by atoms with Gasteiger partial charge in [0.25, 0.3) is 11.8 Å². The number of aliphatic hydroxyl groups is 3. The van der Waals surface area contributed by atoms with Gasteiger partial charge in [-0.3, -0.25) is 24.2 Å². The normalized spacial score (nSPS) is 31.7. The number of esters is 1. The summed E-state index contributed by atoms with van der Waals surface area (Å²) < 4.78 is 23.9.